The Morgan fingerprint density at radius 1 is 0.783 bits per heavy atom. The van der Waals surface area contributed by atoms with Crippen LogP contribution in [-0.2, 0) is 33.3 Å². The second-order valence-corrected chi connectivity index (χ2v) is 15.7. The minimum Gasteiger partial charge on any atom is -0.458 e. The summed E-state index contributed by atoms with van der Waals surface area (Å²) in [5.41, 5.74) is -1.65. The van der Waals surface area contributed by atoms with Gasteiger partial charge in [-0.2, -0.15) is 0 Å². The molecule has 7 nitrogen and oxygen atoms in total. The van der Waals surface area contributed by atoms with E-state index in [9.17, 15) is 14.4 Å². The molecule has 0 amide bonds. The van der Waals surface area contributed by atoms with Crippen LogP contribution in [0.4, 0.5) is 0 Å². The number of hydrogen-bond acceptors (Lipinski definition) is 7. The standard InChI is InChI=1S/C33H48O7.6CH4/c1-16-6-9-23(37-5)38-28(16)25-20-8-7-19(15-20)24(25)26-27(30(35)39-29(26)34)32(2,3)31(36)40-33(4)21-11-17-10-18(13-21)14-22(33)12-17;;;;;;/h16-28H,6-15H2,1-5H3;6*1H4. The molecule has 8 aliphatic rings. The van der Waals surface area contributed by atoms with Gasteiger partial charge in [0, 0.05) is 7.11 Å². The summed E-state index contributed by atoms with van der Waals surface area (Å²) in [4.78, 5) is 41.2. The maximum Gasteiger partial charge on any atom is 0.318 e. The average Bonchev–Trinajstić information content (AvgIpc) is 3.60. The summed E-state index contributed by atoms with van der Waals surface area (Å²) in [7, 11) is 1.69. The van der Waals surface area contributed by atoms with Crippen LogP contribution in [0.1, 0.15) is 136 Å². The summed E-state index contributed by atoms with van der Waals surface area (Å²) in [6, 6.07) is 0. The van der Waals surface area contributed by atoms with Gasteiger partial charge in [0.15, 0.2) is 6.29 Å². The zero-order valence-electron chi connectivity index (χ0n) is 24.9. The van der Waals surface area contributed by atoms with Crippen molar-refractivity contribution in [3.63, 3.8) is 0 Å². The van der Waals surface area contributed by atoms with Crippen LogP contribution in [-0.4, -0.2) is 43.0 Å². The maximum atomic E-state index is 14.2. The van der Waals surface area contributed by atoms with E-state index in [2.05, 4.69) is 13.8 Å². The smallest absolute Gasteiger partial charge is 0.318 e. The van der Waals surface area contributed by atoms with Crippen molar-refractivity contribution in [3.8, 4) is 0 Å². The van der Waals surface area contributed by atoms with Gasteiger partial charge in [-0.15, -0.1) is 0 Å². The number of ether oxygens (including phenoxy) is 4. The largest absolute Gasteiger partial charge is 0.458 e. The highest BCUT2D eigenvalue weighted by atomic mass is 16.7. The number of fused-ring (bicyclic) bond motifs is 2. The number of hydrogen-bond donors (Lipinski definition) is 0. The fourth-order valence-electron chi connectivity index (χ4n) is 11.4. The summed E-state index contributed by atoms with van der Waals surface area (Å²) >= 11 is 0. The van der Waals surface area contributed by atoms with Crippen LogP contribution in [0.25, 0.3) is 0 Å². The van der Waals surface area contributed by atoms with E-state index < -0.39 is 34.8 Å². The van der Waals surface area contributed by atoms with E-state index in [1.54, 1.807) is 7.11 Å². The highest BCUT2D eigenvalue weighted by Crippen LogP contribution is 2.63. The molecule has 8 fully saturated rings. The molecule has 0 aromatic rings. The predicted molar refractivity (Wildman–Crippen MR) is 186 cm³/mol. The Hall–Kier alpha value is -1.47. The van der Waals surface area contributed by atoms with Gasteiger partial charge in [0.05, 0.1) is 23.4 Å². The van der Waals surface area contributed by atoms with Gasteiger partial charge < -0.3 is 18.9 Å². The molecule has 8 rings (SSSR count). The fourth-order valence-corrected chi connectivity index (χ4v) is 11.4. The highest BCUT2D eigenvalue weighted by Gasteiger charge is 2.66. The first-order valence-corrected chi connectivity index (χ1v) is 16.2. The Morgan fingerprint density at radius 2 is 1.33 bits per heavy atom. The van der Waals surface area contributed by atoms with Crippen LogP contribution >= 0.6 is 0 Å². The number of rotatable bonds is 6. The molecular formula is C39H72O7. The van der Waals surface area contributed by atoms with Crippen molar-refractivity contribution in [2.75, 3.05) is 7.11 Å². The number of cyclic esters (lactones) is 2. The third-order valence-electron chi connectivity index (χ3n) is 13.3. The van der Waals surface area contributed by atoms with E-state index in [0.717, 1.165) is 69.6 Å². The number of carbonyl (C=O) groups excluding carboxylic acids is 3. The monoisotopic (exact) mass is 653 g/mol. The predicted octanol–water partition coefficient (Wildman–Crippen LogP) is 9.35. The molecule has 6 aliphatic carbocycles. The molecule has 46 heavy (non-hydrogen) atoms. The minimum atomic E-state index is -1.16. The Labute approximate surface area is 283 Å². The third kappa shape index (κ3) is 6.34. The molecule has 9 atom stereocenters. The number of carbonyl (C=O) groups is 3. The third-order valence-corrected chi connectivity index (χ3v) is 13.3. The molecule has 0 spiro atoms. The van der Waals surface area contributed by atoms with Gasteiger partial charge in [-0.3, -0.25) is 14.4 Å². The molecule has 0 aromatic carbocycles. The topological polar surface area (TPSA) is 88.1 Å². The molecule has 7 heteroatoms. The van der Waals surface area contributed by atoms with Crippen molar-refractivity contribution in [1.82, 2.24) is 0 Å². The molecule has 9 unspecified atom stereocenters. The van der Waals surface area contributed by atoms with Gasteiger partial charge in [0.25, 0.3) is 0 Å². The van der Waals surface area contributed by atoms with Crippen LogP contribution in [0.5, 0.6) is 0 Å². The molecule has 0 aromatic heterocycles. The Morgan fingerprint density at radius 3 is 1.87 bits per heavy atom. The van der Waals surface area contributed by atoms with Crippen LogP contribution in [0, 0.1) is 70.5 Å². The van der Waals surface area contributed by atoms with E-state index in [-0.39, 0.29) is 74.8 Å². The summed E-state index contributed by atoms with van der Waals surface area (Å²) < 4.78 is 24.1. The minimum absolute atomic E-state index is 0. The molecular weight excluding hydrogens is 580 g/mol. The highest BCUT2D eigenvalue weighted by molar-refractivity contribution is 6.00. The molecule has 0 radical (unpaired) electrons. The van der Waals surface area contributed by atoms with E-state index >= 15 is 0 Å². The quantitative estimate of drug-likeness (QED) is 0.209. The number of esters is 3. The Bertz CT molecular complexity index is 1040. The molecule has 2 saturated heterocycles. The Kier molecular flexibility index (Phi) is 13.8. The van der Waals surface area contributed by atoms with Crippen LogP contribution in [0.3, 0.4) is 0 Å². The lowest BCUT2D eigenvalue weighted by molar-refractivity contribution is -0.222. The fraction of sp³-hybridized carbons (Fsp3) is 0.923. The molecule has 0 N–H and O–H groups in total. The summed E-state index contributed by atoms with van der Waals surface area (Å²) in [5.74, 6) is 0.778. The van der Waals surface area contributed by atoms with Crippen LogP contribution in [0.2, 0.25) is 0 Å². The molecule has 2 aliphatic heterocycles. The first-order chi connectivity index (χ1) is 19.0. The normalized spacial score (nSPS) is 44.7. The van der Waals surface area contributed by atoms with Crippen molar-refractivity contribution < 1.29 is 33.3 Å². The molecule has 6 bridgehead atoms. The first-order valence-electron chi connectivity index (χ1n) is 16.2. The maximum absolute atomic E-state index is 14.2. The first kappa shape index (κ1) is 42.6. The van der Waals surface area contributed by atoms with Gasteiger partial charge in [-0.25, -0.2) is 0 Å². The van der Waals surface area contributed by atoms with E-state index in [1.165, 1.54) is 6.42 Å². The van der Waals surface area contributed by atoms with Crippen molar-refractivity contribution in [1.29, 1.82) is 0 Å². The lowest BCUT2D eigenvalue weighted by atomic mass is 9.50. The summed E-state index contributed by atoms with van der Waals surface area (Å²) in [6.07, 6.45) is 10.7. The zero-order chi connectivity index (χ0) is 28.1. The van der Waals surface area contributed by atoms with Crippen molar-refractivity contribution in [2.24, 2.45) is 70.5 Å². The van der Waals surface area contributed by atoms with E-state index in [1.807, 2.05) is 13.8 Å². The van der Waals surface area contributed by atoms with Gasteiger partial charge in [-0.1, -0.05) is 51.5 Å². The SMILES string of the molecule is C.C.C.C.C.C.COC1CCC(C)C(C2C3CCC(C3)C2C2C(=O)OC(=O)C2C(C)(C)C(=O)OC2(C)C3CC4CC(C3)CC2C4)O1. The van der Waals surface area contributed by atoms with Gasteiger partial charge in [-0.05, 0) is 138 Å². The summed E-state index contributed by atoms with van der Waals surface area (Å²) in [6.45, 7) is 8.01. The lowest BCUT2D eigenvalue weighted by Crippen LogP contribution is -2.59. The zero-order valence-corrected chi connectivity index (χ0v) is 24.9. The van der Waals surface area contributed by atoms with Crippen molar-refractivity contribution in [2.45, 2.75) is 154 Å². The van der Waals surface area contributed by atoms with E-state index in [4.69, 9.17) is 18.9 Å². The molecule has 2 heterocycles. The van der Waals surface area contributed by atoms with Crippen LogP contribution < -0.4 is 0 Å². The second kappa shape index (κ2) is 15.0. The second-order valence-electron chi connectivity index (χ2n) is 15.7. The Balaban J connectivity index is 0.00000176. The van der Waals surface area contributed by atoms with E-state index in [0.29, 0.717) is 29.6 Å². The van der Waals surface area contributed by atoms with Crippen molar-refractivity contribution in [3.05, 3.63) is 0 Å². The number of methoxy groups -OCH3 is 1. The van der Waals surface area contributed by atoms with Gasteiger partial charge in [0.1, 0.15) is 5.60 Å². The summed E-state index contributed by atoms with van der Waals surface area (Å²) in [5, 5.41) is 0. The van der Waals surface area contributed by atoms with Gasteiger partial charge >= 0.3 is 17.9 Å². The van der Waals surface area contributed by atoms with Crippen LogP contribution in [0.15, 0.2) is 0 Å². The lowest BCUT2D eigenvalue weighted by Gasteiger charge is -2.59. The average molecular weight is 653 g/mol. The molecule has 6 saturated carbocycles. The van der Waals surface area contributed by atoms with Gasteiger partial charge in [0.2, 0.25) is 0 Å². The molecule has 270 valence electrons. The van der Waals surface area contributed by atoms with Crippen molar-refractivity contribution >= 4 is 17.9 Å².